The van der Waals surface area contributed by atoms with Gasteiger partial charge in [0, 0.05) is 23.5 Å². The van der Waals surface area contributed by atoms with Gasteiger partial charge in [-0.3, -0.25) is 0 Å². The van der Waals surface area contributed by atoms with Crippen LogP contribution in [0.15, 0.2) is 24.3 Å². The zero-order chi connectivity index (χ0) is 18.5. The molecule has 0 N–H and O–H groups in total. The third kappa shape index (κ3) is 2.28. The summed E-state index contributed by atoms with van der Waals surface area (Å²) < 4.78 is 75.0. The van der Waals surface area contributed by atoms with Gasteiger partial charge in [0.2, 0.25) is 5.82 Å². The van der Waals surface area contributed by atoms with Crippen LogP contribution in [0.25, 0.3) is 22.0 Å². The maximum Gasteiger partial charge on any atom is 0.355 e. The third-order valence-corrected chi connectivity index (χ3v) is 3.95. The lowest BCUT2D eigenvalue weighted by Gasteiger charge is -2.10. The lowest BCUT2D eigenvalue weighted by molar-refractivity contribution is 0.0591. The van der Waals surface area contributed by atoms with Crippen LogP contribution in [-0.4, -0.2) is 17.6 Å². The molecule has 0 atom stereocenters. The number of fused-ring (bicyclic) bond motifs is 1. The first-order valence-electron chi connectivity index (χ1n) is 6.98. The van der Waals surface area contributed by atoms with Crippen LogP contribution in [-0.2, 0) is 11.8 Å². The zero-order valence-electron chi connectivity index (χ0n) is 13.0. The molecule has 0 bridgehead atoms. The molecule has 0 unspecified atom stereocenters. The Kier molecular flexibility index (Phi) is 3.98. The topological polar surface area (TPSA) is 31.2 Å². The molecule has 0 aliphatic carbocycles. The Morgan fingerprint density at radius 3 is 1.96 bits per heavy atom. The second-order valence-corrected chi connectivity index (χ2v) is 5.24. The maximum absolute atomic E-state index is 14.3. The van der Waals surface area contributed by atoms with E-state index >= 15 is 0 Å². The lowest BCUT2D eigenvalue weighted by Crippen LogP contribution is -2.11. The van der Waals surface area contributed by atoms with Crippen LogP contribution < -0.4 is 0 Å². The molecular weight excluding hydrogens is 345 g/mol. The molecule has 0 fully saturated rings. The van der Waals surface area contributed by atoms with Gasteiger partial charge in [0.25, 0.3) is 0 Å². The summed E-state index contributed by atoms with van der Waals surface area (Å²) in [5.74, 6) is -11.4. The smallest absolute Gasteiger partial charge is 0.355 e. The monoisotopic (exact) mass is 355 g/mol. The van der Waals surface area contributed by atoms with Crippen molar-refractivity contribution in [2.75, 3.05) is 7.11 Å². The highest BCUT2D eigenvalue weighted by atomic mass is 19.2. The second kappa shape index (κ2) is 5.87. The molecule has 1 heterocycles. The zero-order valence-corrected chi connectivity index (χ0v) is 13.0. The molecule has 0 aliphatic heterocycles. The van der Waals surface area contributed by atoms with E-state index in [0.29, 0.717) is 5.52 Å². The summed E-state index contributed by atoms with van der Waals surface area (Å²) in [6.45, 7) is 0. The van der Waals surface area contributed by atoms with E-state index in [1.54, 1.807) is 6.07 Å². The first-order chi connectivity index (χ1) is 11.8. The van der Waals surface area contributed by atoms with E-state index in [0.717, 1.165) is 7.11 Å². The van der Waals surface area contributed by atoms with Gasteiger partial charge < -0.3 is 9.30 Å². The molecule has 0 saturated carbocycles. The summed E-state index contributed by atoms with van der Waals surface area (Å²) in [5, 5.41) is 0.147. The molecule has 25 heavy (non-hydrogen) atoms. The fourth-order valence-electron chi connectivity index (χ4n) is 2.81. The number of aryl methyl sites for hydroxylation is 1. The van der Waals surface area contributed by atoms with Gasteiger partial charge in [0.15, 0.2) is 23.3 Å². The third-order valence-electron chi connectivity index (χ3n) is 3.95. The van der Waals surface area contributed by atoms with E-state index in [1.165, 1.54) is 29.8 Å². The van der Waals surface area contributed by atoms with Crippen LogP contribution in [0.3, 0.4) is 0 Å². The lowest BCUT2D eigenvalue weighted by atomic mass is 9.99. The number of nitrogens with zero attached hydrogens (tertiary/aromatic N) is 1. The number of rotatable bonds is 2. The van der Waals surface area contributed by atoms with Crippen molar-refractivity contribution < 1.29 is 31.5 Å². The van der Waals surface area contributed by atoms with Crippen molar-refractivity contribution in [2.24, 2.45) is 7.05 Å². The van der Waals surface area contributed by atoms with Gasteiger partial charge in [0.05, 0.1) is 12.7 Å². The van der Waals surface area contributed by atoms with Crippen LogP contribution in [0, 0.1) is 29.1 Å². The number of hydrogen-bond donors (Lipinski definition) is 0. The molecule has 130 valence electrons. The average molecular weight is 355 g/mol. The number of benzene rings is 2. The Morgan fingerprint density at radius 2 is 1.40 bits per heavy atom. The van der Waals surface area contributed by atoms with E-state index in [9.17, 15) is 26.7 Å². The van der Waals surface area contributed by atoms with E-state index in [1.807, 2.05) is 0 Å². The highest BCUT2D eigenvalue weighted by Gasteiger charge is 2.32. The Hall–Kier alpha value is -2.90. The van der Waals surface area contributed by atoms with Crippen molar-refractivity contribution in [1.82, 2.24) is 4.57 Å². The largest absolute Gasteiger partial charge is 0.464 e. The van der Waals surface area contributed by atoms with E-state index < -0.39 is 46.2 Å². The maximum atomic E-state index is 14.3. The summed E-state index contributed by atoms with van der Waals surface area (Å²) >= 11 is 0. The molecule has 0 amide bonds. The number of carbonyl (C=O) groups is 1. The Labute approximate surface area is 138 Å². The highest BCUT2D eigenvalue weighted by molar-refractivity contribution is 6.08. The van der Waals surface area contributed by atoms with Gasteiger partial charge in [-0.25, -0.2) is 26.7 Å². The summed E-state index contributed by atoms with van der Waals surface area (Å²) in [6, 6.07) is 6.07. The van der Waals surface area contributed by atoms with Gasteiger partial charge in [-0.1, -0.05) is 18.2 Å². The highest BCUT2D eigenvalue weighted by Crippen LogP contribution is 2.39. The van der Waals surface area contributed by atoms with Crippen molar-refractivity contribution in [1.29, 1.82) is 0 Å². The van der Waals surface area contributed by atoms with Gasteiger partial charge in [-0.15, -0.1) is 0 Å². The van der Waals surface area contributed by atoms with Gasteiger partial charge in [-0.2, -0.15) is 0 Å². The first-order valence-corrected chi connectivity index (χ1v) is 6.98. The average Bonchev–Trinajstić information content (AvgIpc) is 2.91. The minimum Gasteiger partial charge on any atom is -0.464 e. The molecule has 2 aromatic carbocycles. The molecule has 0 spiro atoms. The van der Waals surface area contributed by atoms with E-state index in [-0.39, 0.29) is 11.1 Å². The Morgan fingerprint density at radius 1 is 0.880 bits per heavy atom. The Bertz CT molecular complexity index is 997. The summed E-state index contributed by atoms with van der Waals surface area (Å²) in [7, 11) is 2.46. The molecular formula is C17H10F5NO2. The van der Waals surface area contributed by atoms with Crippen LogP contribution in [0.4, 0.5) is 22.0 Å². The minimum absolute atomic E-state index is 0.147. The number of methoxy groups -OCH3 is 1. The van der Waals surface area contributed by atoms with Crippen molar-refractivity contribution >= 4 is 16.9 Å². The fraction of sp³-hybridized carbons (Fsp3) is 0.118. The van der Waals surface area contributed by atoms with Crippen molar-refractivity contribution in [3.05, 3.63) is 59.0 Å². The second-order valence-electron chi connectivity index (χ2n) is 5.24. The number of hydrogen-bond acceptors (Lipinski definition) is 2. The fourth-order valence-corrected chi connectivity index (χ4v) is 2.81. The summed E-state index contributed by atoms with van der Waals surface area (Å²) in [5.41, 5.74) is -1.56. The molecule has 0 radical (unpaired) electrons. The quantitative estimate of drug-likeness (QED) is 0.297. The standard InChI is InChI=1S/C17H10F5NO2/c1-23-8-6-4-3-5-7(8)9(16(23)17(24)25-2)10-11(18)13(20)15(22)14(21)12(10)19/h3-6H,1-2H3. The number of carbonyl (C=O) groups excluding carboxylic acids is 1. The summed E-state index contributed by atoms with van der Waals surface area (Å²) in [6.07, 6.45) is 0. The predicted molar refractivity (Wildman–Crippen MR) is 79.5 cm³/mol. The first kappa shape index (κ1) is 16.9. The van der Waals surface area contributed by atoms with E-state index in [4.69, 9.17) is 0 Å². The van der Waals surface area contributed by atoms with Gasteiger partial charge >= 0.3 is 5.97 Å². The van der Waals surface area contributed by atoms with Crippen molar-refractivity contribution in [3.63, 3.8) is 0 Å². The number of ether oxygens (including phenoxy) is 1. The SMILES string of the molecule is COC(=O)c1c(-c2c(F)c(F)c(F)c(F)c2F)c2ccccc2n1C. The van der Waals surface area contributed by atoms with Crippen molar-refractivity contribution in [3.8, 4) is 11.1 Å². The molecule has 3 nitrogen and oxygen atoms in total. The van der Waals surface area contributed by atoms with E-state index in [2.05, 4.69) is 4.74 Å². The Balaban J connectivity index is 2.56. The molecule has 3 rings (SSSR count). The van der Waals surface area contributed by atoms with Crippen molar-refractivity contribution in [2.45, 2.75) is 0 Å². The van der Waals surface area contributed by atoms with Gasteiger partial charge in [0.1, 0.15) is 5.69 Å². The number of aromatic nitrogens is 1. The predicted octanol–water partition coefficient (Wildman–Crippen LogP) is 4.33. The molecule has 0 saturated heterocycles. The summed E-state index contributed by atoms with van der Waals surface area (Å²) in [4.78, 5) is 12.1. The minimum atomic E-state index is -2.27. The molecule has 8 heteroatoms. The number of esters is 1. The normalized spacial score (nSPS) is 11.2. The number of halogens is 5. The molecule has 0 aliphatic rings. The van der Waals surface area contributed by atoms with Crippen LogP contribution in [0.1, 0.15) is 10.5 Å². The molecule has 3 aromatic rings. The van der Waals surface area contributed by atoms with Crippen LogP contribution >= 0.6 is 0 Å². The number of para-hydroxylation sites is 1. The van der Waals surface area contributed by atoms with Crippen LogP contribution in [0.5, 0.6) is 0 Å². The van der Waals surface area contributed by atoms with Crippen LogP contribution in [0.2, 0.25) is 0 Å². The molecule has 1 aromatic heterocycles. The van der Waals surface area contributed by atoms with Gasteiger partial charge in [-0.05, 0) is 6.07 Å².